The smallest absolute Gasteiger partial charge is 0.304 e. The summed E-state index contributed by atoms with van der Waals surface area (Å²) in [6, 6.07) is 0. The predicted octanol–water partition coefficient (Wildman–Crippen LogP) is 1.37. The van der Waals surface area contributed by atoms with Gasteiger partial charge in [0, 0.05) is 0 Å². The highest BCUT2D eigenvalue weighted by Gasteiger charge is 2.02. The molecule has 0 saturated heterocycles. The van der Waals surface area contributed by atoms with Crippen molar-refractivity contribution in [2.75, 3.05) is 5.73 Å². The van der Waals surface area contributed by atoms with E-state index in [9.17, 15) is 0 Å². The van der Waals surface area contributed by atoms with Gasteiger partial charge in [-0.3, -0.25) is 4.98 Å². The van der Waals surface area contributed by atoms with E-state index in [0.717, 1.165) is 0 Å². The summed E-state index contributed by atoms with van der Waals surface area (Å²) < 4.78 is 0.428. The normalized spacial score (nSPS) is 8.80. The third kappa shape index (κ3) is 1.22. The molecule has 0 aliphatic heterocycles. The lowest BCUT2D eigenvalue weighted by Crippen LogP contribution is -1.90. The number of halogens is 1. The molecule has 0 spiro atoms. The van der Waals surface area contributed by atoms with E-state index >= 15 is 0 Å². The van der Waals surface area contributed by atoms with Gasteiger partial charge in [0.15, 0.2) is 0 Å². The molecule has 1 heterocycles. The number of nitrogens with two attached hydrogens (primary N) is 1. The molecule has 2 N–H and O–H groups in total. The van der Waals surface area contributed by atoms with Crippen LogP contribution >= 0.6 is 15.9 Å². The molecule has 1 aromatic heterocycles. The first kappa shape index (κ1) is 6.96. The summed E-state index contributed by atoms with van der Waals surface area (Å²) in [5.41, 5.74) is 5.27. The predicted molar refractivity (Wildman–Crippen MR) is 40.4 cm³/mol. The molecular formula is C5H3BrN4. The second kappa shape index (κ2) is 2.62. The number of nitrogens with zero attached hydrogens (tertiary/aromatic N) is 3. The van der Waals surface area contributed by atoms with E-state index in [0.29, 0.717) is 4.60 Å². The standard InChI is InChI=1S/C5H3BrN4/c1-8-5-4(6)9-2-3(7)10-5/h2H,(H2,7,10). The molecule has 1 rings (SSSR count). The fraction of sp³-hybridized carbons (Fsp3) is 0. The minimum Gasteiger partial charge on any atom is -0.363 e. The highest BCUT2D eigenvalue weighted by molar-refractivity contribution is 9.10. The minimum absolute atomic E-state index is 0.194. The number of hydrogen-bond donors (Lipinski definition) is 1. The summed E-state index contributed by atoms with van der Waals surface area (Å²) >= 11 is 3.05. The molecule has 0 aliphatic rings. The highest BCUT2D eigenvalue weighted by atomic mass is 79.9. The molecule has 1 aromatic rings. The molecule has 5 heteroatoms. The van der Waals surface area contributed by atoms with Crippen LogP contribution in [0.15, 0.2) is 10.8 Å². The van der Waals surface area contributed by atoms with E-state index in [2.05, 4.69) is 30.7 Å². The van der Waals surface area contributed by atoms with Crippen LogP contribution in [0.2, 0.25) is 0 Å². The maximum absolute atomic E-state index is 6.62. The second-order valence-corrected chi connectivity index (χ2v) is 2.27. The van der Waals surface area contributed by atoms with Crippen molar-refractivity contribution < 1.29 is 0 Å². The largest absolute Gasteiger partial charge is 0.363 e. The first-order chi connectivity index (χ1) is 4.74. The average Bonchev–Trinajstić information content (AvgIpc) is 1.94. The zero-order valence-corrected chi connectivity index (χ0v) is 6.46. The van der Waals surface area contributed by atoms with Crippen LogP contribution < -0.4 is 5.73 Å². The van der Waals surface area contributed by atoms with Gasteiger partial charge in [-0.2, -0.15) is 0 Å². The molecule has 0 amide bonds. The lowest BCUT2D eigenvalue weighted by molar-refractivity contribution is 1.20. The Labute approximate surface area is 66.0 Å². The van der Waals surface area contributed by atoms with E-state index in [-0.39, 0.29) is 11.6 Å². The van der Waals surface area contributed by atoms with Crippen LogP contribution in [-0.4, -0.2) is 9.97 Å². The summed E-state index contributed by atoms with van der Waals surface area (Å²) in [6.45, 7) is 6.62. The van der Waals surface area contributed by atoms with Gasteiger partial charge in [-0.25, -0.2) is 0 Å². The fourth-order valence-electron chi connectivity index (χ4n) is 0.449. The molecule has 50 valence electrons. The van der Waals surface area contributed by atoms with Gasteiger partial charge in [0.05, 0.1) is 6.20 Å². The van der Waals surface area contributed by atoms with Crippen molar-refractivity contribution in [1.82, 2.24) is 9.97 Å². The Morgan fingerprint density at radius 3 is 2.90 bits per heavy atom. The van der Waals surface area contributed by atoms with Crippen molar-refractivity contribution in [2.24, 2.45) is 0 Å². The lowest BCUT2D eigenvalue weighted by Gasteiger charge is -1.90. The maximum atomic E-state index is 6.62. The van der Waals surface area contributed by atoms with Crippen molar-refractivity contribution in [3.8, 4) is 0 Å². The van der Waals surface area contributed by atoms with Crippen LogP contribution in [0, 0.1) is 6.57 Å². The summed E-state index contributed by atoms with van der Waals surface area (Å²) in [7, 11) is 0. The summed E-state index contributed by atoms with van der Waals surface area (Å²) in [5, 5.41) is 0. The zero-order chi connectivity index (χ0) is 7.56. The first-order valence-corrected chi connectivity index (χ1v) is 3.19. The zero-order valence-electron chi connectivity index (χ0n) is 4.87. The number of nitrogen functional groups attached to an aromatic ring is 1. The van der Waals surface area contributed by atoms with Crippen molar-refractivity contribution in [1.29, 1.82) is 0 Å². The van der Waals surface area contributed by atoms with E-state index in [1.54, 1.807) is 0 Å². The third-order valence-electron chi connectivity index (χ3n) is 0.836. The summed E-state index contributed by atoms with van der Waals surface area (Å²) in [5.74, 6) is 0.453. The van der Waals surface area contributed by atoms with Gasteiger partial charge in [-0.1, -0.05) is 11.6 Å². The van der Waals surface area contributed by atoms with Crippen LogP contribution in [0.3, 0.4) is 0 Å². The topological polar surface area (TPSA) is 56.2 Å². The molecule has 0 radical (unpaired) electrons. The Hall–Kier alpha value is -1.15. The molecular weight excluding hydrogens is 196 g/mol. The van der Waals surface area contributed by atoms with Crippen LogP contribution in [0.4, 0.5) is 11.6 Å². The molecule has 0 fully saturated rings. The Bertz CT molecular complexity index is 290. The molecule has 0 atom stereocenters. The van der Waals surface area contributed by atoms with Gasteiger partial charge in [0.25, 0.3) is 0 Å². The van der Waals surface area contributed by atoms with Crippen molar-refractivity contribution >= 4 is 27.6 Å². The Balaban J connectivity index is 3.25. The van der Waals surface area contributed by atoms with Crippen LogP contribution in [0.1, 0.15) is 0 Å². The van der Waals surface area contributed by atoms with Gasteiger partial charge in [-0.15, -0.1) is 0 Å². The molecule has 0 aliphatic carbocycles. The van der Waals surface area contributed by atoms with Gasteiger partial charge in [0.1, 0.15) is 4.60 Å². The molecule has 4 nitrogen and oxygen atoms in total. The number of anilines is 1. The monoisotopic (exact) mass is 198 g/mol. The summed E-state index contributed by atoms with van der Waals surface area (Å²) in [6.07, 6.45) is 1.39. The number of rotatable bonds is 0. The van der Waals surface area contributed by atoms with Crippen molar-refractivity contribution in [3.05, 3.63) is 22.2 Å². The van der Waals surface area contributed by atoms with Crippen LogP contribution in [-0.2, 0) is 0 Å². The quantitative estimate of drug-likeness (QED) is 0.642. The summed E-state index contributed by atoms with van der Waals surface area (Å²) in [4.78, 5) is 10.6. The molecule has 0 saturated carbocycles. The van der Waals surface area contributed by atoms with Gasteiger partial charge in [0.2, 0.25) is 5.82 Å². The lowest BCUT2D eigenvalue weighted by atomic mass is 10.6. The van der Waals surface area contributed by atoms with E-state index in [1.165, 1.54) is 6.20 Å². The Kier molecular flexibility index (Phi) is 1.83. The SMILES string of the molecule is [C-]#[N+]c1nc(N)cnc1Br. The van der Waals surface area contributed by atoms with E-state index in [1.807, 2.05) is 0 Å². The van der Waals surface area contributed by atoms with Crippen LogP contribution in [0.25, 0.3) is 4.85 Å². The third-order valence-corrected chi connectivity index (χ3v) is 1.39. The van der Waals surface area contributed by atoms with Crippen molar-refractivity contribution in [2.45, 2.75) is 0 Å². The molecule has 0 unspecified atom stereocenters. The first-order valence-electron chi connectivity index (χ1n) is 2.39. The van der Waals surface area contributed by atoms with Crippen LogP contribution in [0.5, 0.6) is 0 Å². The highest BCUT2D eigenvalue weighted by Crippen LogP contribution is 2.19. The fourth-order valence-corrected chi connectivity index (χ4v) is 0.729. The number of hydrogen-bond acceptors (Lipinski definition) is 3. The molecule has 10 heavy (non-hydrogen) atoms. The second-order valence-electron chi connectivity index (χ2n) is 1.52. The Morgan fingerprint density at radius 2 is 2.40 bits per heavy atom. The average molecular weight is 199 g/mol. The van der Waals surface area contributed by atoms with Gasteiger partial charge >= 0.3 is 5.82 Å². The molecule has 0 bridgehead atoms. The van der Waals surface area contributed by atoms with Gasteiger partial charge < -0.3 is 10.6 Å². The maximum Gasteiger partial charge on any atom is 0.304 e. The van der Waals surface area contributed by atoms with Gasteiger partial charge in [-0.05, 0) is 15.9 Å². The van der Waals surface area contributed by atoms with Crippen molar-refractivity contribution in [3.63, 3.8) is 0 Å². The Morgan fingerprint density at radius 1 is 1.70 bits per heavy atom. The number of aromatic nitrogens is 2. The molecule has 0 aromatic carbocycles. The van der Waals surface area contributed by atoms with E-state index < -0.39 is 0 Å². The van der Waals surface area contributed by atoms with E-state index in [4.69, 9.17) is 12.3 Å². The minimum atomic E-state index is 0.194.